The quantitative estimate of drug-likeness (QED) is 0.778. The molecule has 4 saturated carbocycles. The zero-order valence-corrected chi connectivity index (χ0v) is 16.1. The number of rotatable bonds is 4. The van der Waals surface area contributed by atoms with Crippen LogP contribution in [0.25, 0.3) is 0 Å². The fourth-order valence-corrected chi connectivity index (χ4v) is 7.79. The van der Waals surface area contributed by atoms with E-state index < -0.39 is 5.97 Å². The van der Waals surface area contributed by atoms with Gasteiger partial charge in [-0.05, 0) is 106 Å². The Labute approximate surface area is 152 Å². The van der Waals surface area contributed by atoms with E-state index in [2.05, 4.69) is 13.8 Å². The largest absolute Gasteiger partial charge is 0.481 e. The standard InChI is InChI=1S/C22H36O3/c1-3-25-13-14-4-6-16-15(12-14)5-7-18-17(16)10-11-22(2)19(18)8-9-20(22)21(23)24/h14-20H,3-13H2,1-2H3,(H,23,24). The number of hydrogen-bond donors (Lipinski definition) is 1. The highest BCUT2D eigenvalue weighted by atomic mass is 16.5. The van der Waals surface area contributed by atoms with Crippen LogP contribution in [0.1, 0.15) is 71.6 Å². The third-order valence-electron chi connectivity index (χ3n) is 8.92. The summed E-state index contributed by atoms with van der Waals surface area (Å²) < 4.78 is 5.71. The number of carboxylic acids is 1. The predicted molar refractivity (Wildman–Crippen MR) is 98.2 cm³/mol. The second kappa shape index (κ2) is 6.87. The molecule has 8 atom stereocenters. The molecule has 4 fully saturated rings. The van der Waals surface area contributed by atoms with Gasteiger partial charge in [-0.15, -0.1) is 0 Å². The maximum absolute atomic E-state index is 11.8. The molecular formula is C22H36O3. The van der Waals surface area contributed by atoms with Crippen LogP contribution in [0.2, 0.25) is 0 Å². The summed E-state index contributed by atoms with van der Waals surface area (Å²) in [4.78, 5) is 11.8. The highest BCUT2D eigenvalue weighted by molar-refractivity contribution is 5.71. The van der Waals surface area contributed by atoms with Crippen molar-refractivity contribution in [2.24, 2.45) is 46.8 Å². The van der Waals surface area contributed by atoms with Crippen LogP contribution in [0, 0.1) is 46.8 Å². The van der Waals surface area contributed by atoms with Crippen molar-refractivity contribution in [2.75, 3.05) is 13.2 Å². The van der Waals surface area contributed by atoms with Gasteiger partial charge in [0.2, 0.25) is 0 Å². The second-order valence-electron chi connectivity index (χ2n) is 9.79. The van der Waals surface area contributed by atoms with Gasteiger partial charge in [-0.2, -0.15) is 0 Å². The fraction of sp³-hybridized carbons (Fsp3) is 0.955. The summed E-state index contributed by atoms with van der Waals surface area (Å²) in [6.45, 7) is 6.22. The van der Waals surface area contributed by atoms with E-state index >= 15 is 0 Å². The Balaban J connectivity index is 1.45. The summed E-state index contributed by atoms with van der Waals surface area (Å²) in [5.74, 6) is 4.38. The Bertz CT molecular complexity index is 504. The lowest BCUT2D eigenvalue weighted by atomic mass is 9.49. The third-order valence-corrected chi connectivity index (χ3v) is 8.92. The van der Waals surface area contributed by atoms with Crippen LogP contribution in [0.15, 0.2) is 0 Å². The zero-order valence-electron chi connectivity index (χ0n) is 16.1. The maximum atomic E-state index is 11.8. The average Bonchev–Trinajstić information content (AvgIpc) is 2.97. The highest BCUT2D eigenvalue weighted by Gasteiger charge is 2.58. The molecule has 1 N–H and O–H groups in total. The first kappa shape index (κ1) is 17.8. The maximum Gasteiger partial charge on any atom is 0.307 e. The van der Waals surface area contributed by atoms with E-state index in [1.165, 1.54) is 44.9 Å². The molecule has 8 unspecified atom stereocenters. The average molecular weight is 349 g/mol. The van der Waals surface area contributed by atoms with Gasteiger partial charge in [0.25, 0.3) is 0 Å². The van der Waals surface area contributed by atoms with Crippen molar-refractivity contribution in [3.8, 4) is 0 Å². The van der Waals surface area contributed by atoms with Crippen LogP contribution in [0.3, 0.4) is 0 Å². The molecule has 0 spiro atoms. The molecule has 4 aliphatic carbocycles. The first-order valence-corrected chi connectivity index (χ1v) is 10.8. The number of fused-ring (bicyclic) bond motifs is 5. The predicted octanol–water partition coefficient (Wildman–Crippen LogP) is 4.99. The molecule has 0 radical (unpaired) electrons. The van der Waals surface area contributed by atoms with E-state index in [9.17, 15) is 9.90 Å². The third kappa shape index (κ3) is 2.95. The Morgan fingerprint density at radius 3 is 2.60 bits per heavy atom. The molecular weight excluding hydrogens is 312 g/mol. The minimum atomic E-state index is -0.534. The minimum absolute atomic E-state index is 0.0754. The van der Waals surface area contributed by atoms with Crippen LogP contribution in [0.4, 0.5) is 0 Å². The van der Waals surface area contributed by atoms with Gasteiger partial charge in [0, 0.05) is 13.2 Å². The van der Waals surface area contributed by atoms with Crippen LogP contribution < -0.4 is 0 Å². The van der Waals surface area contributed by atoms with E-state index in [1.54, 1.807) is 0 Å². The topological polar surface area (TPSA) is 46.5 Å². The lowest BCUT2D eigenvalue weighted by Crippen LogP contribution is -2.49. The van der Waals surface area contributed by atoms with Crippen molar-refractivity contribution in [3.05, 3.63) is 0 Å². The van der Waals surface area contributed by atoms with E-state index in [4.69, 9.17) is 4.74 Å². The lowest BCUT2D eigenvalue weighted by Gasteiger charge is -2.56. The SMILES string of the molecule is CCOCC1CCC2C(CCC3C2CCC2(C)C(C(=O)O)CCC32)C1. The molecule has 0 heterocycles. The Hall–Kier alpha value is -0.570. The molecule has 0 aromatic carbocycles. The molecule has 4 rings (SSSR count). The van der Waals surface area contributed by atoms with Gasteiger partial charge >= 0.3 is 5.97 Å². The van der Waals surface area contributed by atoms with Crippen molar-refractivity contribution in [1.82, 2.24) is 0 Å². The Kier molecular flexibility index (Phi) is 4.90. The van der Waals surface area contributed by atoms with Crippen LogP contribution in [-0.4, -0.2) is 24.3 Å². The molecule has 0 aromatic heterocycles. The second-order valence-corrected chi connectivity index (χ2v) is 9.79. The smallest absolute Gasteiger partial charge is 0.307 e. The molecule has 0 aromatic rings. The molecule has 4 aliphatic rings. The molecule has 142 valence electrons. The first-order chi connectivity index (χ1) is 12.0. The van der Waals surface area contributed by atoms with Gasteiger partial charge in [-0.1, -0.05) is 6.92 Å². The number of carbonyl (C=O) groups is 1. The van der Waals surface area contributed by atoms with Crippen molar-refractivity contribution < 1.29 is 14.6 Å². The Morgan fingerprint density at radius 1 is 1.04 bits per heavy atom. The number of carboxylic acid groups (broad SMARTS) is 1. The molecule has 0 aliphatic heterocycles. The van der Waals surface area contributed by atoms with E-state index in [0.29, 0.717) is 5.92 Å². The Morgan fingerprint density at radius 2 is 1.84 bits per heavy atom. The molecule has 0 saturated heterocycles. The summed E-state index contributed by atoms with van der Waals surface area (Å²) in [6.07, 6.45) is 11.4. The van der Waals surface area contributed by atoms with E-state index in [1.807, 2.05) is 0 Å². The first-order valence-electron chi connectivity index (χ1n) is 10.8. The highest BCUT2D eigenvalue weighted by Crippen LogP contribution is 2.64. The van der Waals surface area contributed by atoms with Crippen molar-refractivity contribution in [2.45, 2.75) is 71.6 Å². The van der Waals surface area contributed by atoms with Gasteiger partial charge in [-0.3, -0.25) is 4.79 Å². The summed E-state index contributed by atoms with van der Waals surface area (Å²) in [7, 11) is 0. The van der Waals surface area contributed by atoms with Crippen LogP contribution >= 0.6 is 0 Å². The van der Waals surface area contributed by atoms with Crippen LogP contribution in [0.5, 0.6) is 0 Å². The molecule has 3 heteroatoms. The lowest BCUT2D eigenvalue weighted by molar-refractivity contribution is -0.149. The van der Waals surface area contributed by atoms with Crippen molar-refractivity contribution >= 4 is 5.97 Å². The summed E-state index contributed by atoms with van der Waals surface area (Å²) in [6, 6.07) is 0. The minimum Gasteiger partial charge on any atom is -0.481 e. The fourth-order valence-electron chi connectivity index (χ4n) is 7.79. The molecule has 25 heavy (non-hydrogen) atoms. The molecule has 0 bridgehead atoms. The van der Waals surface area contributed by atoms with Gasteiger partial charge in [0.15, 0.2) is 0 Å². The normalized spacial score (nSPS) is 49.1. The number of hydrogen-bond acceptors (Lipinski definition) is 2. The summed E-state index contributed by atoms with van der Waals surface area (Å²) in [5, 5.41) is 9.69. The van der Waals surface area contributed by atoms with Gasteiger partial charge in [0.05, 0.1) is 5.92 Å². The van der Waals surface area contributed by atoms with Gasteiger partial charge in [0.1, 0.15) is 0 Å². The summed E-state index contributed by atoms with van der Waals surface area (Å²) >= 11 is 0. The number of ether oxygens (including phenoxy) is 1. The van der Waals surface area contributed by atoms with Crippen molar-refractivity contribution in [1.29, 1.82) is 0 Å². The van der Waals surface area contributed by atoms with Crippen molar-refractivity contribution in [3.63, 3.8) is 0 Å². The molecule has 0 amide bonds. The monoisotopic (exact) mass is 348 g/mol. The summed E-state index contributed by atoms with van der Waals surface area (Å²) in [5.41, 5.74) is 0.0754. The van der Waals surface area contributed by atoms with E-state index in [0.717, 1.165) is 55.6 Å². The molecule has 3 nitrogen and oxygen atoms in total. The van der Waals surface area contributed by atoms with E-state index in [-0.39, 0.29) is 11.3 Å². The van der Waals surface area contributed by atoms with Crippen LogP contribution in [-0.2, 0) is 9.53 Å². The van der Waals surface area contributed by atoms with Gasteiger partial charge in [-0.25, -0.2) is 0 Å². The van der Waals surface area contributed by atoms with Gasteiger partial charge < -0.3 is 9.84 Å². The number of aliphatic carboxylic acids is 1. The zero-order chi connectivity index (χ0) is 17.6.